The van der Waals surface area contributed by atoms with Gasteiger partial charge in [0, 0.05) is 23.9 Å². The SMILES string of the molecule is Cc1ccc(S(=O)(=O)NCCc2nc(-c3ccc(O)cc3)cs2)cc1. The summed E-state index contributed by atoms with van der Waals surface area (Å²) in [5.41, 5.74) is 2.76. The fourth-order valence-electron chi connectivity index (χ4n) is 2.28. The number of rotatable bonds is 6. The second-order valence-electron chi connectivity index (χ2n) is 5.63. The van der Waals surface area contributed by atoms with E-state index in [1.54, 1.807) is 48.5 Å². The predicted molar refractivity (Wildman–Crippen MR) is 99.3 cm³/mol. The van der Waals surface area contributed by atoms with Crippen molar-refractivity contribution in [3.63, 3.8) is 0 Å². The van der Waals surface area contributed by atoms with Gasteiger partial charge in [0.15, 0.2) is 0 Å². The molecular weight excluding hydrogens is 356 g/mol. The Kier molecular flexibility index (Phi) is 5.17. The van der Waals surface area contributed by atoms with Gasteiger partial charge in [-0.3, -0.25) is 0 Å². The second kappa shape index (κ2) is 7.35. The van der Waals surface area contributed by atoms with E-state index >= 15 is 0 Å². The number of hydrogen-bond acceptors (Lipinski definition) is 5. The van der Waals surface area contributed by atoms with Gasteiger partial charge in [-0.15, -0.1) is 11.3 Å². The second-order valence-corrected chi connectivity index (χ2v) is 8.34. The van der Waals surface area contributed by atoms with Crippen molar-refractivity contribution in [2.45, 2.75) is 18.2 Å². The van der Waals surface area contributed by atoms with Crippen LogP contribution in [0.25, 0.3) is 11.3 Å². The maximum absolute atomic E-state index is 12.2. The van der Waals surface area contributed by atoms with Crippen LogP contribution in [0.1, 0.15) is 10.6 Å². The van der Waals surface area contributed by atoms with Gasteiger partial charge in [0.25, 0.3) is 0 Å². The summed E-state index contributed by atoms with van der Waals surface area (Å²) in [5.74, 6) is 0.213. The van der Waals surface area contributed by atoms with Gasteiger partial charge in [-0.05, 0) is 43.3 Å². The van der Waals surface area contributed by atoms with Crippen molar-refractivity contribution in [1.29, 1.82) is 0 Å². The van der Waals surface area contributed by atoms with E-state index in [9.17, 15) is 13.5 Å². The molecule has 0 aliphatic carbocycles. The fraction of sp³-hybridized carbons (Fsp3) is 0.167. The Morgan fingerprint density at radius 1 is 1.08 bits per heavy atom. The maximum atomic E-state index is 12.2. The highest BCUT2D eigenvalue weighted by Crippen LogP contribution is 2.24. The molecule has 0 radical (unpaired) electrons. The number of nitrogens with zero attached hydrogens (tertiary/aromatic N) is 1. The van der Waals surface area contributed by atoms with Crippen LogP contribution in [0.2, 0.25) is 0 Å². The molecule has 7 heteroatoms. The van der Waals surface area contributed by atoms with Gasteiger partial charge in [-0.25, -0.2) is 18.1 Å². The van der Waals surface area contributed by atoms with E-state index in [2.05, 4.69) is 9.71 Å². The molecule has 0 unspecified atom stereocenters. The van der Waals surface area contributed by atoms with Crippen LogP contribution in [0.15, 0.2) is 58.8 Å². The Morgan fingerprint density at radius 2 is 1.76 bits per heavy atom. The Balaban J connectivity index is 1.61. The average Bonchev–Trinajstić information content (AvgIpc) is 3.04. The molecule has 2 N–H and O–H groups in total. The minimum absolute atomic E-state index is 0.213. The Bertz CT molecular complexity index is 947. The Morgan fingerprint density at radius 3 is 2.44 bits per heavy atom. The summed E-state index contributed by atoms with van der Waals surface area (Å²) in [6, 6.07) is 13.6. The lowest BCUT2D eigenvalue weighted by molar-refractivity contribution is 0.475. The van der Waals surface area contributed by atoms with Crippen molar-refractivity contribution in [2.75, 3.05) is 6.54 Å². The van der Waals surface area contributed by atoms with Crippen LogP contribution in [-0.4, -0.2) is 25.1 Å². The summed E-state index contributed by atoms with van der Waals surface area (Å²) in [4.78, 5) is 4.78. The number of aryl methyl sites for hydroxylation is 1. The van der Waals surface area contributed by atoms with Crippen LogP contribution in [0.3, 0.4) is 0 Å². The molecule has 0 atom stereocenters. The minimum atomic E-state index is -3.50. The van der Waals surface area contributed by atoms with Crippen LogP contribution in [0.5, 0.6) is 5.75 Å². The van der Waals surface area contributed by atoms with Gasteiger partial charge < -0.3 is 5.11 Å². The normalized spacial score (nSPS) is 11.6. The number of hydrogen-bond donors (Lipinski definition) is 2. The van der Waals surface area contributed by atoms with E-state index in [1.165, 1.54) is 11.3 Å². The molecule has 5 nitrogen and oxygen atoms in total. The number of phenolic OH excluding ortho intramolecular Hbond substituents is 1. The number of nitrogens with one attached hydrogen (secondary N) is 1. The van der Waals surface area contributed by atoms with E-state index < -0.39 is 10.0 Å². The van der Waals surface area contributed by atoms with Crippen molar-refractivity contribution < 1.29 is 13.5 Å². The van der Waals surface area contributed by atoms with Gasteiger partial charge in [0.1, 0.15) is 5.75 Å². The Labute approximate surface area is 151 Å². The standard InChI is InChI=1S/C18H18N2O3S2/c1-13-2-8-16(9-3-13)25(22,23)19-11-10-18-20-17(12-24-18)14-4-6-15(21)7-5-14/h2-9,12,19,21H,10-11H2,1H3. The zero-order valence-corrected chi connectivity index (χ0v) is 15.3. The number of aromatic hydroxyl groups is 1. The van der Waals surface area contributed by atoms with Crippen LogP contribution < -0.4 is 4.72 Å². The summed E-state index contributed by atoms with van der Waals surface area (Å²) >= 11 is 1.49. The topological polar surface area (TPSA) is 79.3 Å². The zero-order chi connectivity index (χ0) is 17.9. The molecule has 3 rings (SSSR count). The third-order valence-electron chi connectivity index (χ3n) is 3.68. The molecule has 0 aliphatic rings. The van der Waals surface area contributed by atoms with E-state index in [0.29, 0.717) is 13.0 Å². The van der Waals surface area contributed by atoms with Crippen LogP contribution in [0.4, 0.5) is 0 Å². The average molecular weight is 374 g/mol. The van der Waals surface area contributed by atoms with Crippen molar-refractivity contribution in [1.82, 2.24) is 9.71 Å². The molecule has 0 spiro atoms. The number of benzene rings is 2. The molecule has 0 saturated heterocycles. The lowest BCUT2D eigenvalue weighted by Gasteiger charge is -2.06. The summed E-state index contributed by atoms with van der Waals surface area (Å²) in [5, 5.41) is 12.1. The molecule has 1 heterocycles. The van der Waals surface area contributed by atoms with Gasteiger partial charge in [0.05, 0.1) is 15.6 Å². The first kappa shape index (κ1) is 17.6. The highest BCUT2D eigenvalue weighted by Gasteiger charge is 2.13. The van der Waals surface area contributed by atoms with Gasteiger partial charge in [-0.2, -0.15) is 0 Å². The molecule has 0 bridgehead atoms. The molecular formula is C18H18N2O3S2. The van der Waals surface area contributed by atoms with Gasteiger partial charge in [0.2, 0.25) is 10.0 Å². The monoisotopic (exact) mass is 374 g/mol. The number of phenols is 1. The summed E-state index contributed by atoms with van der Waals surface area (Å²) in [6.45, 7) is 2.21. The molecule has 0 saturated carbocycles. The predicted octanol–water partition coefficient (Wildman–Crippen LogP) is 3.35. The molecule has 0 amide bonds. The summed E-state index contributed by atoms with van der Waals surface area (Å²) < 4.78 is 27.1. The Hall–Kier alpha value is -2.22. The third-order valence-corrected chi connectivity index (χ3v) is 6.06. The highest BCUT2D eigenvalue weighted by molar-refractivity contribution is 7.89. The molecule has 130 valence electrons. The van der Waals surface area contributed by atoms with Crippen molar-refractivity contribution in [3.05, 3.63) is 64.5 Å². The first-order chi connectivity index (χ1) is 11.9. The fourth-order valence-corrected chi connectivity index (χ4v) is 4.12. The maximum Gasteiger partial charge on any atom is 0.240 e. The lowest BCUT2D eigenvalue weighted by Crippen LogP contribution is -2.25. The van der Waals surface area contributed by atoms with E-state index in [-0.39, 0.29) is 10.6 Å². The molecule has 1 aromatic heterocycles. The van der Waals surface area contributed by atoms with Crippen LogP contribution in [0, 0.1) is 6.92 Å². The van der Waals surface area contributed by atoms with E-state index in [0.717, 1.165) is 21.8 Å². The first-order valence-corrected chi connectivity index (χ1v) is 10.1. The highest BCUT2D eigenvalue weighted by atomic mass is 32.2. The first-order valence-electron chi connectivity index (χ1n) is 7.74. The van der Waals surface area contributed by atoms with Crippen molar-refractivity contribution >= 4 is 21.4 Å². The zero-order valence-electron chi connectivity index (χ0n) is 13.6. The van der Waals surface area contributed by atoms with Crippen LogP contribution in [-0.2, 0) is 16.4 Å². The number of thiazole rings is 1. The number of aromatic nitrogens is 1. The molecule has 0 aliphatic heterocycles. The van der Waals surface area contributed by atoms with E-state index in [4.69, 9.17) is 0 Å². The summed E-state index contributed by atoms with van der Waals surface area (Å²) in [6.07, 6.45) is 0.522. The van der Waals surface area contributed by atoms with Crippen LogP contribution >= 0.6 is 11.3 Å². The molecule has 3 aromatic rings. The van der Waals surface area contributed by atoms with E-state index in [1.807, 2.05) is 12.3 Å². The van der Waals surface area contributed by atoms with Crippen molar-refractivity contribution in [3.8, 4) is 17.0 Å². The van der Waals surface area contributed by atoms with Crippen molar-refractivity contribution in [2.24, 2.45) is 0 Å². The minimum Gasteiger partial charge on any atom is -0.508 e. The lowest BCUT2D eigenvalue weighted by atomic mass is 10.2. The molecule has 0 fully saturated rings. The smallest absolute Gasteiger partial charge is 0.240 e. The summed E-state index contributed by atoms with van der Waals surface area (Å²) in [7, 11) is -3.50. The van der Waals surface area contributed by atoms with Gasteiger partial charge in [-0.1, -0.05) is 17.7 Å². The van der Waals surface area contributed by atoms with Gasteiger partial charge >= 0.3 is 0 Å². The quantitative estimate of drug-likeness (QED) is 0.693. The third kappa shape index (κ3) is 4.45. The molecule has 2 aromatic carbocycles. The largest absolute Gasteiger partial charge is 0.508 e. The number of sulfonamides is 1. The molecule has 25 heavy (non-hydrogen) atoms.